The van der Waals surface area contributed by atoms with Gasteiger partial charge in [0.2, 0.25) is 10.0 Å². The van der Waals surface area contributed by atoms with Gasteiger partial charge in [-0.05, 0) is 56.6 Å². The average Bonchev–Trinajstić information content (AvgIpc) is 2.78. The Labute approximate surface area is 122 Å². The van der Waals surface area contributed by atoms with Crippen LogP contribution in [0.3, 0.4) is 0 Å². The molecule has 1 aromatic rings. The number of nitrogens with zero attached hydrogens (tertiary/aromatic N) is 1. The Hall–Kier alpha value is -0.870. The third-order valence-electron chi connectivity index (χ3n) is 4.84. The number of aryl methyl sites for hydroxylation is 1. The van der Waals surface area contributed by atoms with E-state index in [2.05, 4.69) is 6.92 Å². The van der Waals surface area contributed by atoms with Crippen molar-refractivity contribution in [3.05, 3.63) is 29.8 Å². The van der Waals surface area contributed by atoms with Crippen LogP contribution in [0.4, 0.5) is 0 Å². The molecule has 4 heteroatoms. The molecule has 0 spiro atoms. The number of rotatable bonds is 2. The maximum absolute atomic E-state index is 12.9. The van der Waals surface area contributed by atoms with Crippen molar-refractivity contribution < 1.29 is 8.42 Å². The van der Waals surface area contributed by atoms with Crippen molar-refractivity contribution in [3.8, 4) is 0 Å². The minimum absolute atomic E-state index is 0.227. The van der Waals surface area contributed by atoms with Crippen LogP contribution in [0, 0.1) is 18.8 Å². The van der Waals surface area contributed by atoms with Gasteiger partial charge in [-0.2, -0.15) is 4.31 Å². The molecule has 3 nitrogen and oxygen atoms in total. The minimum Gasteiger partial charge on any atom is -0.207 e. The van der Waals surface area contributed by atoms with E-state index < -0.39 is 10.0 Å². The van der Waals surface area contributed by atoms with Gasteiger partial charge in [0.15, 0.2) is 0 Å². The summed E-state index contributed by atoms with van der Waals surface area (Å²) in [7, 11) is -3.32. The summed E-state index contributed by atoms with van der Waals surface area (Å²) < 4.78 is 27.5. The molecule has 0 amide bonds. The van der Waals surface area contributed by atoms with Gasteiger partial charge < -0.3 is 0 Å². The predicted octanol–water partition coefficient (Wildman–Crippen LogP) is 3.19. The third kappa shape index (κ3) is 2.40. The summed E-state index contributed by atoms with van der Waals surface area (Å²) in [6.07, 6.45) is 4.40. The third-order valence-corrected chi connectivity index (χ3v) is 6.78. The summed E-state index contributed by atoms with van der Waals surface area (Å²) in [6.45, 7) is 4.91. The molecule has 1 saturated heterocycles. The van der Waals surface area contributed by atoms with Gasteiger partial charge in [0.1, 0.15) is 0 Å². The highest BCUT2D eigenvalue weighted by Gasteiger charge is 2.43. The minimum atomic E-state index is -3.32. The molecule has 0 radical (unpaired) electrons. The fourth-order valence-corrected chi connectivity index (χ4v) is 5.59. The number of piperidine rings is 1. The van der Waals surface area contributed by atoms with Crippen molar-refractivity contribution in [2.75, 3.05) is 6.54 Å². The zero-order valence-electron chi connectivity index (χ0n) is 12.2. The van der Waals surface area contributed by atoms with E-state index in [1.165, 1.54) is 12.8 Å². The first-order valence-electron chi connectivity index (χ1n) is 7.57. The first-order valence-corrected chi connectivity index (χ1v) is 9.01. The molecule has 2 fully saturated rings. The van der Waals surface area contributed by atoms with E-state index in [4.69, 9.17) is 0 Å². The second kappa shape index (κ2) is 5.15. The van der Waals surface area contributed by atoms with Crippen LogP contribution in [-0.4, -0.2) is 25.3 Å². The summed E-state index contributed by atoms with van der Waals surface area (Å²) in [5.41, 5.74) is 1.09. The van der Waals surface area contributed by atoms with Gasteiger partial charge in [0.05, 0.1) is 4.90 Å². The van der Waals surface area contributed by atoms with Crippen LogP contribution in [0.1, 0.15) is 38.2 Å². The maximum Gasteiger partial charge on any atom is 0.243 e. The van der Waals surface area contributed by atoms with Crippen LogP contribution >= 0.6 is 0 Å². The van der Waals surface area contributed by atoms with Gasteiger partial charge in [-0.25, -0.2) is 8.42 Å². The molecule has 110 valence electrons. The van der Waals surface area contributed by atoms with Gasteiger partial charge in [-0.1, -0.05) is 24.6 Å². The highest BCUT2D eigenvalue weighted by atomic mass is 32.2. The molecule has 0 N–H and O–H groups in total. The Morgan fingerprint density at radius 1 is 1.15 bits per heavy atom. The van der Waals surface area contributed by atoms with Gasteiger partial charge in [0.25, 0.3) is 0 Å². The summed E-state index contributed by atoms with van der Waals surface area (Å²) in [6, 6.07) is 7.47. The van der Waals surface area contributed by atoms with E-state index in [0.717, 1.165) is 18.4 Å². The molecule has 2 aliphatic rings. The number of benzene rings is 1. The van der Waals surface area contributed by atoms with Gasteiger partial charge in [-0.3, -0.25) is 0 Å². The number of hydrogen-bond donors (Lipinski definition) is 0. The standard InChI is InChI=1S/C16H23NO2S/c1-12-5-7-15(8-6-12)20(18,19)17-9-3-4-14-10-13(2)11-16(14)17/h5-8,13-14,16H,3-4,9-11H2,1-2H3. The number of fused-ring (bicyclic) bond motifs is 1. The molecule has 0 aromatic heterocycles. The lowest BCUT2D eigenvalue weighted by atomic mass is 9.94. The van der Waals surface area contributed by atoms with Crippen molar-refractivity contribution in [2.45, 2.75) is 50.5 Å². The zero-order valence-corrected chi connectivity index (χ0v) is 13.1. The molecule has 1 aliphatic carbocycles. The maximum atomic E-state index is 12.9. The van der Waals surface area contributed by atoms with E-state index in [1.54, 1.807) is 16.4 Å². The van der Waals surface area contributed by atoms with E-state index in [0.29, 0.717) is 23.3 Å². The zero-order chi connectivity index (χ0) is 14.3. The smallest absolute Gasteiger partial charge is 0.207 e. The molecule has 0 bridgehead atoms. The van der Waals surface area contributed by atoms with Crippen molar-refractivity contribution in [1.29, 1.82) is 0 Å². The molecule has 3 atom stereocenters. The number of sulfonamides is 1. The van der Waals surface area contributed by atoms with Crippen LogP contribution in [0.15, 0.2) is 29.2 Å². The van der Waals surface area contributed by atoms with Crippen LogP contribution in [-0.2, 0) is 10.0 Å². The lowest BCUT2D eigenvalue weighted by Crippen LogP contribution is -2.46. The molecular weight excluding hydrogens is 270 g/mol. The second-order valence-corrected chi connectivity index (χ2v) is 8.37. The summed E-state index contributed by atoms with van der Waals surface area (Å²) >= 11 is 0. The summed E-state index contributed by atoms with van der Waals surface area (Å²) in [5.74, 6) is 1.22. The normalized spacial score (nSPS) is 31.2. The first kappa shape index (κ1) is 14.1. The molecule has 1 aromatic carbocycles. The van der Waals surface area contributed by atoms with Crippen LogP contribution in [0.5, 0.6) is 0 Å². The van der Waals surface area contributed by atoms with E-state index in [1.807, 2.05) is 19.1 Å². The Kier molecular flexibility index (Phi) is 3.63. The van der Waals surface area contributed by atoms with E-state index in [9.17, 15) is 8.42 Å². The van der Waals surface area contributed by atoms with Gasteiger partial charge >= 0.3 is 0 Å². The first-order chi connectivity index (χ1) is 9.48. The summed E-state index contributed by atoms with van der Waals surface area (Å²) in [4.78, 5) is 0.448. The Morgan fingerprint density at radius 2 is 1.85 bits per heavy atom. The monoisotopic (exact) mass is 293 g/mol. The number of hydrogen-bond acceptors (Lipinski definition) is 2. The SMILES string of the molecule is Cc1ccc(S(=O)(=O)N2CCCC3CC(C)CC32)cc1. The average molecular weight is 293 g/mol. The van der Waals surface area contributed by atoms with Crippen molar-refractivity contribution in [1.82, 2.24) is 4.31 Å². The van der Waals surface area contributed by atoms with Crippen LogP contribution in [0.25, 0.3) is 0 Å². The quantitative estimate of drug-likeness (QED) is 0.839. The molecule has 1 saturated carbocycles. The fraction of sp³-hybridized carbons (Fsp3) is 0.625. The highest BCUT2D eigenvalue weighted by Crippen LogP contribution is 2.42. The molecular formula is C16H23NO2S. The van der Waals surface area contributed by atoms with Crippen LogP contribution < -0.4 is 0 Å². The largest absolute Gasteiger partial charge is 0.243 e. The molecule has 3 rings (SSSR count). The topological polar surface area (TPSA) is 37.4 Å². The molecule has 20 heavy (non-hydrogen) atoms. The highest BCUT2D eigenvalue weighted by molar-refractivity contribution is 7.89. The second-order valence-electron chi connectivity index (χ2n) is 6.48. The van der Waals surface area contributed by atoms with Crippen molar-refractivity contribution >= 4 is 10.0 Å². The predicted molar refractivity (Wildman–Crippen MR) is 80.0 cm³/mol. The van der Waals surface area contributed by atoms with Crippen molar-refractivity contribution in [2.24, 2.45) is 11.8 Å². The Morgan fingerprint density at radius 3 is 2.55 bits per heavy atom. The van der Waals surface area contributed by atoms with Crippen LogP contribution in [0.2, 0.25) is 0 Å². The molecule has 3 unspecified atom stereocenters. The Balaban J connectivity index is 1.92. The molecule has 1 heterocycles. The lowest BCUT2D eigenvalue weighted by Gasteiger charge is -2.36. The van der Waals surface area contributed by atoms with Gasteiger partial charge in [-0.15, -0.1) is 0 Å². The fourth-order valence-electron chi connectivity index (χ4n) is 3.86. The van der Waals surface area contributed by atoms with E-state index >= 15 is 0 Å². The summed E-state index contributed by atoms with van der Waals surface area (Å²) in [5, 5.41) is 0. The molecule has 1 aliphatic heterocycles. The van der Waals surface area contributed by atoms with Crippen molar-refractivity contribution in [3.63, 3.8) is 0 Å². The van der Waals surface area contributed by atoms with E-state index in [-0.39, 0.29) is 6.04 Å². The Bertz CT molecular complexity index is 579. The van der Waals surface area contributed by atoms with Gasteiger partial charge in [0, 0.05) is 12.6 Å². The lowest BCUT2D eigenvalue weighted by molar-refractivity contribution is 0.202.